The van der Waals surface area contributed by atoms with E-state index in [0.29, 0.717) is 5.92 Å². The molecule has 0 bridgehead atoms. The van der Waals surface area contributed by atoms with Crippen molar-refractivity contribution in [2.45, 2.75) is 45.6 Å². The third kappa shape index (κ3) is 4.59. The molecule has 0 aliphatic rings. The van der Waals surface area contributed by atoms with E-state index in [2.05, 4.69) is 60.7 Å². The summed E-state index contributed by atoms with van der Waals surface area (Å²) in [4.78, 5) is 0. The SMILES string of the molecule is CCCCCC(C)C(OC)c1ccccc1I. The molecule has 2 atom stereocenters. The fourth-order valence-electron chi connectivity index (χ4n) is 2.24. The zero-order valence-electron chi connectivity index (χ0n) is 11.1. The van der Waals surface area contributed by atoms with Crippen LogP contribution < -0.4 is 0 Å². The zero-order valence-corrected chi connectivity index (χ0v) is 13.2. The summed E-state index contributed by atoms with van der Waals surface area (Å²) < 4.78 is 7.01. The highest BCUT2D eigenvalue weighted by atomic mass is 127. The molecule has 17 heavy (non-hydrogen) atoms. The Bertz CT molecular complexity index is 324. The molecule has 0 aliphatic carbocycles. The molecule has 0 heterocycles. The molecular formula is C15H23IO. The van der Waals surface area contributed by atoms with E-state index in [1.54, 1.807) is 0 Å². The highest BCUT2D eigenvalue weighted by Gasteiger charge is 2.20. The van der Waals surface area contributed by atoms with Gasteiger partial charge in [-0.2, -0.15) is 0 Å². The van der Waals surface area contributed by atoms with E-state index in [4.69, 9.17) is 4.74 Å². The number of hydrogen-bond acceptors (Lipinski definition) is 1. The molecule has 0 amide bonds. The van der Waals surface area contributed by atoms with Gasteiger partial charge < -0.3 is 4.74 Å². The summed E-state index contributed by atoms with van der Waals surface area (Å²) in [5.41, 5.74) is 1.33. The molecule has 0 saturated heterocycles. The third-order valence-corrected chi connectivity index (χ3v) is 4.23. The number of benzene rings is 1. The lowest BCUT2D eigenvalue weighted by Crippen LogP contribution is -2.13. The Kier molecular flexibility index (Phi) is 7.12. The van der Waals surface area contributed by atoms with Crippen molar-refractivity contribution < 1.29 is 4.74 Å². The van der Waals surface area contributed by atoms with Gasteiger partial charge in [0.1, 0.15) is 0 Å². The van der Waals surface area contributed by atoms with Crippen LogP contribution in [0.5, 0.6) is 0 Å². The van der Waals surface area contributed by atoms with Crippen molar-refractivity contribution in [2.75, 3.05) is 7.11 Å². The Hall–Kier alpha value is -0.0900. The smallest absolute Gasteiger partial charge is 0.0856 e. The van der Waals surface area contributed by atoms with Crippen LogP contribution in [0.1, 0.15) is 51.2 Å². The largest absolute Gasteiger partial charge is 0.376 e. The first-order valence-corrected chi connectivity index (χ1v) is 7.55. The van der Waals surface area contributed by atoms with Gasteiger partial charge in [-0.05, 0) is 46.6 Å². The van der Waals surface area contributed by atoms with Crippen LogP contribution in [-0.4, -0.2) is 7.11 Å². The molecule has 1 rings (SSSR count). The minimum absolute atomic E-state index is 0.236. The van der Waals surface area contributed by atoms with Crippen LogP contribution in [0.15, 0.2) is 24.3 Å². The van der Waals surface area contributed by atoms with Crippen molar-refractivity contribution in [1.29, 1.82) is 0 Å². The van der Waals surface area contributed by atoms with Gasteiger partial charge in [0, 0.05) is 10.7 Å². The average molecular weight is 346 g/mol. The molecule has 1 nitrogen and oxygen atoms in total. The van der Waals surface area contributed by atoms with Gasteiger partial charge in [0.15, 0.2) is 0 Å². The Morgan fingerprint density at radius 2 is 1.94 bits per heavy atom. The second kappa shape index (κ2) is 8.09. The monoisotopic (exact) mass is 346 g/mol. The quantitative estimate of drug-likeness (QED) is 0.487. The van der Waals surface area contributed by atoms with Gasteiger partial charge in [0.2, 0.25) is 0 Å². The molecule has 1 aromatic carbocycles. The molecule has 96 valence electrons. The molecule has 0 aliphatic heterocycles. The number of methoxy groups -OCH3 is 1. The third-order valence-electron chi connectivity index (χ3n) is 3.25. The zero-order chi connectivity index (χ0) is 12.7. The van der Waals surface area contributed by atoms with Crippen LogP contribution >= 0.6 is 22.6 Å². The van der Waals surface area contributed by atoms with Crippen LogP contribution in [0.4, 0.5) is 0 Å². The predicted molar refractivity (Wildman–Crippen MR) is 82.2 cm³/mol. The first-order valence-electron chi connectivity index (χ1n) is 6.47. The van der Waals surface area contributed by atoms with E-state index >= 15 is 0 Å². The Labute approximate surface area is 119 Å². The Morgan fingerprint density at radius 1 is 1.24 bits per heavy atom. The molecule has 0 spiro atoms. The molecule has 1 aromatic rings. The Balaban J connectivity index is 2.67. The summed E-state index contributed by atoms with van der Waals surface area (Å²) in [6.07, 6.45) is 5.40. The summed E-state index contributed by atoms with van der Waals surface area (Å²) in [6.45, 7) is 4.55. The lowest BCUT2D eigenvalue weighted by atomic mass is 9.92. The molecule has 2 heteroatoms. The fourth-order valence-corrected chi connectivity index (χ4v) is 2.93. The van der Waals surface area contributed by atoms with E-state index in [1.165, 1.54) is 34.8 Å². The van der Waals surface area contributed by atoms with Crippen LogP contribution in [-0.2, 0) is 4.74 Å². The fraction of sp³-hybridized carbons (Fsp3) is 0.600. The van der Waals surface area contributed by atoms with E-state index in [1.807, 2.05) is 7.11 Å². The van der Waals surface area contributed by atoms with Crippen molar-refractivity contribution in [1.82, 2.24) is 0 Å². The highest BCUT2D eigenvalue weighted by Crippen LogP contribution is 2.31. The predicted octanol–water partition coefficient (Wildman–Crippen LogP) is 5.20. The standard InChI is InChI=1S/C15H23IO/c1-4-5-6-9-12(2)15(17-3)13-10-7-8-11-14(13)16/h7-8,10-12,15H,4-6,9H2,1-3H3. The molecule has 0 aromatic heterocycles. The van der Waals surface area contributed by atoms with Gasteiger partial charge in [-0.25, -0.2) is 0 Å². The van der Waals surface area contributed by atoms with Crippen LogP contribution in [0.2, 0.25) is 0 Å². The normalized spacial score (nSPS) is 14.6. The van der Waals surface area contributed by atoms with Crippen molar-refractivity contribution in [3.63, 3.8) is 0 Å². The number of unbranched alkanes of at least 4 members (excludes halogenated alkanes) is 2. The van der Waals surface area contributed by atoms with Gasteiger partial charge in [0.05, 0.1) is 6.10 Å². The molecule has 2 unspecified atom stereocenters. The lowest BCUT2D eigenvalue weighted by Gasteiger charge is -2.24. The molecule has 0 fully saturated rings. The molecular weight excluding hydrogens is 323 g/mol. The lowest BCUT2D eigenvalue weighted by molar-refractivity contribution is 0.0530. The maximum Gasteiger partial charge on any atom is 0.0856 e. The Morgan fingerprint density at radius 3 is 2.53 bits per heavy atom. The van der Waals surface area contributed by atoms with Crippen LogP contribution in [0.25, 0.3) is 0 Å². The van der Waals surface area contributed by atoms with E-state index < -0.39 is 0 Å². The molecule has 0 N–H and O–H groups in total. The van der Waals surface area contributed by atoms with Crippen LogP contribution in [0, 0.1) is 9.49 Å². The second-order valence-electron chi connectivity index (χ2n) is 4.65. The van der Waals surface area contributed by atoms with E-state index in [0.717, 1.165) is 0 Å². The highest BCUT2D eigenvalue weighted by molar-refractivity contribution is 14.1. The first-order chi connectivity index (χ1) is 8.20. The van der Waals surface area contributed by atoms with Crippen LogP contribution in [0.3, 0.4) is 0 Å². The van der Waals surface area contributed by atoms with E-state index in [9.17, 15) is 0 Å². The molecule has 0 radical (unpaired) electrons. The average Bonchev–Trinajstić information content (AvgIpc) is 2.33. The van der Waals surface area contributed by atoms with Crippen molar-refractivity contribution >= 4 is 22.6 Å². The minimum Gasteiger partial charge on any atom is -0.376 e. The van der Waals surface area contributed by atoms with Gasteiger partial charge in [0.25, 0.3) is 0 Å². The summed E-state index contributed by atoms with van der Waals surface area (Å²) >= 11 is 2.40. The number of hydrogen-bond donors (Lipinski definition) is 0. The van der Waals surface area contributed by atoms with E-state index in [-0.39, 0.29) is 6.10 Å². The summed E-state index contributed by atoms with van der Waals surface area (Å²) in [5.74, 6) is 0.586. The molecule has 0 saturated carbocycles. The van der Waals surface area contributed by atoms with Crippen molar-refractivity contribution in [2.24, 2.45) is 5.92 Å². The topological polar surface area (TPSA) is 9.23 Å². The van der Waals surface area contributed by atoms with Crippen molar-refractivity contribution in [3.05, 3.63) is 33.4 Å². The van der Waals surface area contributed by atoms with Gasteiger partial charge in [-0.3, -0.25) is 0 Å². The van der Waals surface area contributed by atoms with Crippen molar-refractivity contribution in [3.8, 4) is 0 Å². The number of halogens is 1. The number of rotatable bonds is 7. The second-order valence-corrected chi connectivity index (χ2v) is 5.81. The minimum atomic E-state index is 0.236. The maximum atomic E-state index is 5.70. The summed E-state index contributed by atoms with van der Waals surface area (Å²) in [6, 6.07) is 8.52. The van der Waals surface area contributed by atoms with Gasteiger partial charge >= 0.3 is 0 Å². The van der Waals surface area contributed by atoms with Gasteiger partial charge in [-0.1, -0.05) is 51.3 Å². The maximum absolute atomic E-state index is 5.70. The summed E-state index contributed by atoms with van der Waals surface area (Å²) in [7, 11) is 1.82. The first kappa shape index (κ1) is 15.0. The number of ether oxygens (including phenoxy) is 1. The summed E-state index contributed by atoms with van der Waals surface area (Å²) in [5, 5.41) is 0. The van der Waals surface area contributed by atoms with Gasteiger partial charge in [-0.15, -0.1) is 0 Å².